The Morgan fingerprint density at radius 2 is 2.00 bits per heavy atom. The van der Waals surface area contributed by atoms with Crippen molar-refractivity contribution in [3.63, 3.8) is 0 Å². The quantitative estimate of drug-likeness (QED) is 0.769. The molecule has 4 nitrogen and oxygen atoms in total. The van der Waals surface area contributed by atoms with Gasteiger partial charge < -0.3 is 5.32 Å². The van der Waals surface area contributed by atoms with Crippen LogP contribution in [0.5, 0.6) is 0 Å². The van der Waals surface area contributed by atoms with Gasteiger partial charge in [-0.05, 0) is 13.0 Å². The van der Waals surface area contributed by atoms with Gasteiger partial charge in [0.1, 0.15) is 0 Å². The van der Waals surface area contributed by atoms with Crippen LogP contribution in [0.1, 0.15) is 6.92 Å². The second-order valence-corrected chi connectivity index (χ2v) is 13.5. The molecule has 1 heterocycles. The Morgan fingerprint density at radius 3 is 2.50 bits per heavy atom. The van der Waals surface area contributed by atoms with Gasteiger partial charge in [-0.1, -0.05) is 19.6 Å². The summed E-state index contributed by atoms with van der Waals surface area (Å²) in [5, 5.41) is 3.21. The summed E-state index contributed by atoms with van der Waals surface area (Å²) in [6, 6.07) is 0.951. The van der Waals surface area contributed by atoms with Crippen LogP contribution in [-0.2, 0) is 10.0 Å². The molecule has 1 fully saturated rings. The van der Waals surface area contributed by atoms with Crippen molar-refractivity contribution in [3.8, 4) is 0 Å². The standard InChI is InChI=1S/C10H24N2O2SSi/c1-10-9-11-5-6-12(10)15(13,14)7-8-16(2,3)4/h10-11H,5-9H2,1-4H3/t10-/m1/s1. The van der Waals surface area contributed by atoms with Crippen molar-refractivity contribution in [2.24, 2.45) is 0 Å². The monoisotopic (exact) mass is 264 g/mol. The van der Waals surface area contributed by atoms with Gasteiger partial charge in [0.2, 0.25) is 10.0 Å². The lowest BCUT2D eigenvalue weighted by Crippen LogP contribution is -2.53. The SMILES string of the molecule is C[C@@H]1CNCCN1S(=O)(=O)CC[Si](C)(C)C. The Labute approximate surface area is 100 Å². The van der Waals surface area contributed by atoms with Crippen molar-refractivity contribution in [3.05, 3.63) is 0 Å². The molecule has 0 aliphatic carbocycles. The van der Waals surface area contributed by atoms with E-state index in [-0.39, 0.29) is 6.04 Å². The third-order valence-electron chi connectivity index (χ3n) is 2.91. The molecule has 1 rings (SSSR count). The van der Waals surface area contributed by atoms with E-state index >= 15 is 0 Å². The number of nitrogens with zero attached hydrogens (tertiary/aromatic N) is 1. The molecule has 0 aromatic carbocycles. The van der Waals surface area contributed by atoms with Crippen molar-refractivity contribution in [1.29, 1.82) is 0 Å². The molecule has 0 unspecified atom stereocenters. The Bertz CT molecular complexity index is 324. The van der Waals surface area contributed by atoms with Crippen molar-refractivity contribution in [1.82, 2.24) is 9.62 Å². The molecule has 1 saturated heterocycles. The van der Waals surface area contributed by atoms with Crippen LogP contribution >= 0.6 is 0 Å². The van der Waals surface area contributed by atoms with E-state index in [0.717, 1.165) is 19.1 Å². The first-order valence-electron chi connectivity index (χ1n) is 5.93. The van der Waals surface area contributed by atoms with Gasteiger partial charge in [0.05, 0.1) is 5.75 Å². The van der Waals surface area contributed by atoms with Crippen LogP contribution < -0.4 is 5.32 Å². The first kappa shape index (κ1) is 14.1. The van der Waals surface area contributed by atoms with Gasteiger partial charge in [-0.25, -0.2) is 8.42 Å². The summed E-state index contributed by atoms with van der Waals surface area (Å²) in [4.78, 5) is 0. The summed E-state index contributed by atoms with van der Waals surface area (Å²) in [6.07, 6.45) is 0. The van der Waals surface area contributed by atoms with Crippen LogP contribution in [0, 0.1) is 0 Å². The highest BCUT2D eigenvalue weighted by Gasteiger charge is 2.30. The molecule has 6 heteroatoms. The first-order chi connectivity index (χ1) is 7.22. The third-order valence-corrected chi connectivity index (χ3v) is 7.00. The molecule has 1 aliphatic heterocycles. The minimum Gasteiger partial charge on any atom is -0.314 e. The van der Waals surface area contributed by atoms with E-state index in [1.165, 1.54) is 0 Å². The maximum Gasteiger partial charge on any atom is 0.214 e. The van der Waals surface area contributed by atoms with E-state index in [1.807, 2.05) is 6.92 Å². The topological polar surface area (TPSA) is 49.4 Å². The van der Waals surface area contributed by atoms with Gasteiger partial charge in [0.25, 0.3) is 0 Å². The van der Waals surface area contributed by atoms with Crippen LogP contribution in [-0.4, -0.2) is 52.2 Å². The third kappa shape index (κ3) is 4.16. The molecule has 0 aromatic rings. The minimum atomic E-state index is -3.04. The molecule has 0 amide bonds. The van der Waals surface area contributed by atoms with Crippen molar-refractivity contribution in [2.75, 3.05) is 25.4 Å². The molecule has 16 heavy (non-hydrogen) atoms. The smallest absolute Gasteiger partial charge is 0.214 e. The molecule has 0 spiro atoms. The molecule has 1 N–H and O–H groups in total. The van der Waals surface area contributed by atoms with E-state index in [1.54, 1.807) is 4.31 Å². The van der Waals surface area contributed by atoms with Gasteiger partial charge >= 0.3 is 0 Å². The lowest BCUT2D eigenvalue weighted by atomic mass is 10.3. The molecule has 0 radical (unpaired) electrons. The highest BCUT2D eigenvalue weighted by Crippen LogP contribution is 2.15. The van der Waals surface area contributed by atoms with Crippen LogP contribution in [0.25, 0.3) is 0 Å². The van der Waals surface area contributed by atoms with E-state index in [9.17, 15) is 8.42 Å². The molecule has 96 valence electrons. The summed E-state index contributed by atoms with van der Waals surface area (Å²) in [7, 11) is -4.31. The van der Waals surface area contributed by atoms with Crippen molar-refractivity contribution < 1.29 is 8.42 Å². The van der Waals surface area contributed by atoms with E-state index in [4.69, 9.17) is 0 Å². The van der Waals surface area contributed by atoms with Gasteiger partial charge in [-0.15, -0.1) is 0 Å². The summed E-state index contributed by atoms with van der Waals surface area (Å²) < 4.78 is 26.0. The average molecular weight is 264 g/mol. The highest BCUT2D eigenvalue weighted by atomic mass is 32.2. The fourth-order valence-electron chi connectivity index (χ4n) is 1.79. The Morgan fingerprint density at radius 1 is 1.38 bits per heavy atom. The van der Waals surface area contributed by atoms with Crippen molar-refractivity contribution >= 4 is 18.1 Å². The largest absolute Gasteiger partial charge is 0.314 e. The minimum absolute atomic E-state index is 0.0976. The molecule has 1 aliphatic rings. The van der Waals surface area contributed by atoms with Crippen LogP contribution in [0.15, 0.2) is 0 Å². The average Bonchev–Trinajstić information content (AvgIpc) is 2.14. The Kier molecular flexibility index (Phi) is 4.56. The number of nitrogens with one attached hydrogen (secondary N) is 1. The predicted molar refractivity (Wildman–Crippen MR) is 71.0 cm³/mol. The lowest BCUT2D eigenvalue weighted by Gasteiger charge is -2.33. The van der Waals surface area contributed by atoms with Crippen molar-refractivity contribution in [2.45, 2.75) is 38.7 Å². The van der Waals surface area contributed by atoms with Crippen LogP contribution in [0.3, 0.4) is 0 Å². The van der Waals surface area contributed by atoms with Gasteiger partial charge in [-0.3, -0.25) is 0 Å². The summed E-state index contributed by atoms with van der Waals surface area (Å²) in [5.74, 6) is 0.326. The molecule has 1 atom stereocenters. The highest BCUT2D eigenvalue weighted by molar-refractivity contribution is 7.89. The van der Waals surface area contributed by atoms with Gasteiger partial charge in [-0.2, -0.15) is 4.31 Å². The maximum atomic E-state index is 12.2. The van der Waals surface area contributed by atoms with Gasteiger partial charge in [0, 0.05) is 33.7 Å². The zero-order chi connectivity index (χ0) is 12.4. The van der Waals surface area contributed by atoms with Crippen LogP contribution in [0.4, 0.5) is 0 Å². The van der Waals surface area contributed by atoms with Gasteiger partial charge in [0.15, 0.2) is 0 Å². The first-order valence-corrected chi connectivity index (χ1v) is 11.2. The molecular formula is C10H24N2O2SSi. The normalized spacial score (nSPS) is 24.6. The number of piperazine rings is 1. The molecular weight excluding hydrogens is 240 g/mol. The number of hydrogen-bond acceptors (Lipinski definition) is 3. The molecule has 0 bridgehead atoms. The Balaban J connectivity index is 2.62. The van der Waals surface area contributed by atoms with E-state index < -0.39 is 18.1 Å². The molecule has 0 saturated carbocycles. The number of rotatable bonds is 4. The number of hydrogen-bond donors (Lipinski definition) is 1. The fourth-order valence-corrected chi connectivity index (χ4v) is 6.50. The predicted octanol–water partition coefficient (Wildman–Crippen LogP) is 0.948. The zero-order valence-corrected chi connectivity index (χ0v) is 12.6. The summed E-state index contributed by atoms with van der Waals surface area (Å²) >= 11 is 0. The Hall–Kier alpha value is 0.0869. The summed E-state index contributed by atoms with van der Waals surface area (Å²) in [6.45, 7) is 10.8. The van der Waals surface area contributed by atoms with E-state index in [0.29, 0.717) is 12.3 Å². The summed E-state index contributed by atoms with van der Waals surface area (Å²) in [5.41, 5.74) is 0. The maximum absolute atomic E-state index is 12.2. The second-order valence-electron chi connectivity index (χ2n) is 5.79. The molecule has 0 aromatic heterocycles. The van der Waals surface area contributed by atoms with E-state index in [2.05, 4.69) is 25.0 Å². The van der Waals surface area contributed by atoms with Crippen LogP contribution in [0.2, 0.25) is 25.7 Å². The zero-order valence-electron chi connectivity index (χ0n) is 10.8. The second kappa shape index (κ2) is 5.16. The fraction of sp³-hybridized carbons (Fsp3) is 1.00. The number of sulfonamides is 1. The lowest BCUT2D eigenvalue weighted by molar-refractivity contribution is 0.284.